The van der Waals surface area contributed by atoms with Crippen molar-refractivity contribution in [3.05, 3.63) is 35.4 Å². The molecule has 1 aromatic rings. The minimum Gasteiger partial charge on any atom is -0.395 e. The van der Waals surface area contributed by atoms with E-state index in [2.05, 4.69) is 11.8 Å². The van der Waals surface area contributed by atoms with Crippen LogP contribution in [-0.2, 0) is 0 Å². The van der Waals surface area contributed by atoms with Crippen LogP contribution in [0.3, 0.4) is 0 Å². The van der Waals surface area contributed by atoms with Crippen LogP contribution in [0.2, 0.25) is 0 Å². The number of aliphatic hydroxyl groups excluding tert-OH is 1. The average molecular weight is 329 g/mol. The van der Waals surface area contributed by atoms with Gasteiger partial charge in [0.05, 0.1) is 6.61 Å². The molecule has 4 heteroatoms. The number of benzene rings is 1. The van der Waals surface area contributed by atoms with E-state index in [-0.39, 0.29) is 18.6 Å². The smallest absolute Gasteiger partial charge is 0.254 e. The number of hydrogen-bond donors (Lipinski definition) is 2. The van der Waals surface area contributed by atoms with Gasteiger partial charge in [-0.05, 0) is 44.9 Å². The van der Waals surface area contributed by atoms with Crippen molar-refractivity contribution in [1.82, 2.24) is 4.90 Å². The minimum atomic E-state index is -1.06. The molecule has 0 radical (unpaired) electrons. The maximum Gasteiger partial charge on any atom is 0.254 e. The normalized spacial score (nSPS) is 15.5. The maximum atomic E-state index is 12.9. The van der Waals surface area contributed by atoms with E-state index < -0.39 is 5.60 Å². The quantitative estimate of drug-likeness (QED) is 0.835. The topological polar surface area (TPSA) is 60.8 Å². The third-order valence-electron chi connectivity index (χ3n) is 4.24. The zero-order valence-corrected chi connectivity index (χ0v) is 14.6. The molecule has 1 fully saturated rings. The zero-order chi connectivity index (χ0) is 17.6. The van der Waals surface area contributed by atoms with Crippen molar-refractivity contribution in [3.8, 4) is 11.8 Å². The molecule has 1 aliphatic rings. The highest BCUT2D eigenvalue weighted by Crippen LogP contribution is 2.24. The molecule has 1 amide bonds. The Labute approximate surface area is 144 Å². The van der Waals surface area contributed by atoms with Crippen LogP contribution in [0.1, 0.15) is 61.9 Å². The van der Waals surface area contributed by atoms with Crippen LogP contribution < -0.4 is 0 Å². The Morgan fingerprint density at radius 3 is 2.62 bits per heavy atom. The highest BCUT2D eigenvalue weighted by atomic mass is 16.3. The lowest BCUT2D eigenvalue weighted by Crippen LogP contribution is -2.43. The van der Waals surface area contributed by atoms with Crippen molar-refractivity contribution in [2.75, 3.05) is 13.2 Å². The van der Waals surface area contributed by atoms with E-state index in [1.807, 2.05) is 11.0 Å². The van der Waals surface area contributed by atoms with Crippen molar-refractivity contribution < 1.29 is 15.0 Å². The first-order chi connectivity index (χ1) is 11.4. The third kappa shape index (κ3) is 5.36. The molecule has 2 rings (SSSR count). The number of aliphatic hydroxyl groups is 2. The van der Waals surface area contributed by atoms with Gasteiger partial charge in [0, 0.05) is 23.7 Å². The monoisotopic (exact) mass is 329 g/mol. The van der Waals surface area contributed by atoms with Gasteiger partial charge in [-0.2, -0.15) is 0 Å². The Morgan fingerprint density at radius 1 is 1.29 bits per heavy atom. The van der Waals surface area contributed by atoms with E-state index in [0.717, 1.165) is 25.7 Å². The highest BCUT2D eigenvalue weighted by molar-refractivity contribution is 5.94. The molecule has 0 unspecified atom stereocenters. The van der Waals surface area contributed by atoms with Crippen LogP contribution >= 0.6 is 0 Å². The molecular formula is C20H27NO3. The third-order valence-corrected chi connectivity index (χ3v) is 4.24. The summed E-state index contributed by atoms with van der Waals surface area (Å²) in [5, 5.41) is 19.1. The van der Waals surface area contributed by atoms with E-state index in [1.165, 1.54) is 6.42 Å². The molecule has 1 aromatic carbocycles. The molecule has 0 saturated heterocycles. The fraction of sp³-hybridized carbons (Fsp3) is 0.550. The number of carbonyl (C=O) groups excluding carboxylic acids is 1. The van der Waals surface area contributed by atoms with Gasteiger partial charge >= 0.3 is 0 Å². The lowest BCUT2D eigenvalue weighted by molar-refractivity contribution is 0.0585. The molecule has 2 N–H and O–H groups in total. The zero-order valence-electron chi connectivity index (χ0n) is 14.6. The summed E-state index contributed by atoms with van der Waals surface area (Å²) in [6, 6.07) is 7.38. The summed E-state index contributed by atoms with van der Waals surface area (Å²) < 4.78 is 0. The Kier molecular flexibility index (Phi) is 6.42. The fourth-order valence-electron chi connectivity index (χ4n) is 3.07. The van der Waals surface area contributed by atoms with Crippen LogP contribution in [0.25, 0.3) is 0 Å². The molecular weight excluding hydrogens is 302 g/mol. The number of hydrogen-bond acceptors (Lipinski definition) is 3. The molecule has 24 heavy (non-hydrogen) atoms. The Morgan fingerprint density at radius 2 is 2.00 bits per heavy atom. The van der Waals surface area contributed by atoms with E-state index in [1.54, 1.807) is 32.0 Å². The summed E-state index contributed by atoms with van der Waals surface area (Å²) >= 11 is 0. The average Bonchev–Trinajstić information content (AvgIpc) is 2.58. The molecule has 4 nitrogen and oxygen atoms in total. The molecule has 0 spiro atoms. The van der Waals surface area contributed by atoms with Crippen LogP contribution in [0, 0.1) is 11.8 Å². The van der Waals surface area contributed by atoms with Gasteiger partial charge in [-0.15, -0.1) is 0 Å². The number of carbonyl (C=O) groups is 1. The van der Waals surface area contributed by atoms with Crippen LogP contribution in [0.15, 0.2) is 24.3 Å². The molecule has 1 aliphatic carbocycles. The van der Waals surface area contributed by atoms with E-state index >= 15 is 0 Å². The Hall–Kier alpha value is -1.83. The fourth-order valence-corrected chi connectivity index (χ4v) is 3.07. The molecule has 0 aromatic heterocycles. The van der Waals surface area contributed by atoms with Gasteiger partial charge in [0.1, 0.15) is 5.60 Å². The standard InChI is InChI=1S/C20H27NO3/c1-20(2,24)12-11-16-7-6-8-17(15-16)19(23)21(13-14-22)18-9-4-3-5-10-18/h6-8,15,18,22,24H,3-5,9-10,13-14H2,1-2H3. The number of nitrogens with zero attached hydrogens (tertiary/aromatic N) is 1. The van der Waals surface area contributed by atoms with E-state index in [0.29, 0.717) is 17.7 Å². The Bertz CT molecular complexity index is 616. The largest absolute Gasteiger partial charge is 0.395 e. The molecule has 0 bridgehead atoms. The predicted molar refractivity (Wildman–Crippen MR) is 94.6 cm³/mol. The second-order valence-electron chi connectivity index (χ2n) is 6.90. The van der Waals surface area contributed by atoms with Gasteiger partial charge in [-0.1, -0.05) is 37.2 Å². The summed E-state index contributed by atoms with van der Waals surface area (Å²) in [6.07, 6.45) is 5.50. The van der Waals surface area contributed by atoms with Gasteiger partial charge in [-0.3, -0.25) is 4.79 Å². The van der Waals surface area contributed by atoms with Crippen molar-refractivity contribution in [3.63, 3.8) is 0 Å². The molecule has 0 aliphatic heterocycles. The predicted octanol–water partition coefficient (Wildman–Crippen LogP) is 2.58. The van der Waals surface area contributed by atoms with Crippen LogP contribution in [0.5, 0.6) is 0 Å². The van der Waals surface area contributed by atoms with Crippen molar-refractivity contribution in [2.45, 2.75) is 57.6 Å². The van der Waals surface area contributed by atoms with Gasteiger partial charge in [0.25, 0.3) is 5.91 Å². The molecule has 0 heterocycles. The first-order valence-electron chi connectivity index (χ1n) is 8.68. The SMILES string of the molecule is CC(C)(O)C#Cc1cccc(C(=O)N(CCO)C2CCCCC2)c1. The first-order valence-corrected chi connectivity index (χ1v) is 8.68. The van der Waals surface area contributed by atoms with Gasteiger partial charge < -0.3 is 15.1 Å². The molecule has 0 atom stereocenters. The summed E-state index contributed by atoms with van der Waals surface area (Å²) in [4.78, 5) is 14.7. The van der Waals surface area contributed by atoms with Crippen LogP contribution in [-0.4, -0.2) is 45.8 Å². The maximum absolute atomic E-state index is 12.9. The second kappa shape index (κ2) is 8.32. The number of rotatable bonds is 4. The lowest BCUT2D eigenvalue weighted by atomic mass is 9.93. The van der Waals surface area contributed by atoms with Gasteiger partial charge in [0.2, 0.25) is 0 Å². The Balaban J connectivity index is 2.21. The lowest BCUT2D eigenvalue weighted by Gasteiger charge is -2.34. The first kappa shape index (κ1) is 18.5. The van der Waals surface area contributed by atoms with Gasteiger partial charge in [0.15, 0.2) is 0 Å². The van der Waals surface area contributed by atoms with Gasteiger partial charge in [-0.25, -0.2) is 0 Å². The summed E-state index contributed by atoms with van der Waals surface area (Å²) in [5.41, 5.74) is 0.220. The van der Waals surface area contributed by atoms with E-state index in [9.17, 15) is 15.0 Å². The van der Waals surface area contributed by atoms with E-state index in [4.69, 9.17) is 0 Å². The van der Waals surface area contributed by atoms with Crippen LogP contribution in [0.4, 0.5) is 0 Å². The van der Waals surface area contributed by atoms with Crippen molar-refractivity contribution in [2.24, 2.45) is 0 Å². The number of amides is 1. The van der Waals surface area contributed by atoms with Crippen molar-refractivity contribution in [1.29, 1.82) is 0 Å². The highest BCUT2D eigenvalue weighted by Gasteiger charge is 2.25. The van der Waals surface area contributed by atoms with Crippen molar-refractivity contribution >= 4 is 5.91 Å². The summed E-state index contributed by atoms with van der Waals surface area (Å²) in [5.74, 6) is 5.62. The second-order valence-corrected chi connectivity index (χ2v) is 6.90. The molecule has 1 saturated carbocycles. The summed E-state index contributed by atoms with van der Waals surface area (Å²) in [6.45, 7) is 3.59. The summed E-state index contributed by atoms with van der Waals surface area (Å²) in [7, 11) is 0. The minimum absolute atomic E-state index is 0.0273. The molecule has 130 valence electrons.